The van der Waals surface area contributed by atoms with Crippen LogP contribution in [0.1, 0.15) is 33.6 Å². The van der Waals surface area contributed by atoms with E-state index in [1.165, 1.54) is 0 Å². The van der Waals surface area contributed by atoms with Crippen molar-refractivity contribution in [3.05, 3.63) is 121 Å². The molecule has 2 aromatic heterocycles. The molecule has 0 spiro atoms. The molecule has 1 saturated heterocycles. The number of nitrogens with zero attached hydrogens (tertiary/aromatic N) is 3. The van der Waals surface area contributed by atoms with Gasteiger partial charge in [0.1, 0.15) is 0 Å². The highest BCUT2D eigenvalue weighted by molar-refractivity contribution is 6.06. The van der Waals surface area contributed by atoms with E-state index in [1.807, 2.05) is 121 Å². The van der Waals surface area contributed by atoms with E-state index in [-0.39, 0.29) is 17.9 Å². The lowest BCUT2D eigenvalue weighted by atomic mass is 10.1. The summed E-state index contributed by atoms with van der Waals surface area (Å²) >= 11 is 0. The minimum Gasteiger partial charge on any atom is -0.393 e. The third kappa shape index (κ3) is 5.43. The van der Waals surface area contributed by atoms with Gasteiger partial charge in [-0.2, -0.15) is 0 Å². The van der Waals surface area contributed by atoms with Crippen molar-refractivity contribution in [3.8, 4) is 5.69 Å². The molecular weight excluding hydrogens is 550 g/mol. The molecule has 1 aliphatic rings. The van der Waals surface area contributed by atoms with Gasteiger partial charge in [-0.1, -0.05) is 0 Å². The van der Waals surface area contributed by atoms with Gasteiger partial charge in [0.05, 0.1) is 11.6 Å². The Balaban J connectivity index is 1.01. The number of carbonyl (C=O) groups is 2. The highest BCUT2D eigenvalue weighted by atomic mass is 16.3. The average molecular weight is 584 g/mol. The van der Waals surface area contributed by atoms with Gasteiger partial charge in [-0.3, -0.25) is 9.59 Å². The van der Waals surface area contributed by atoms with Crippen molar-refractivity contribution in [2.24, 2.45) is 7.05 Å². The van der Waals surface area contributed by atoms with Gasteiger partial charge in [-0.05, 0) is 110 Å². The third-order valence-electron chi connectivity index (χ3n) is 8.46. The monoisotopic (exact) mass is 583 g/mol. The second-order valence-electron chi connectivity index (χ2n) is 11.4. The fourth-order valence-electron chi connectivity index (χ4n) is 5.93. The fourth-order valence-corrected chi connectivity index (χ4v) is 5.93. The van der Waals surface area contributed by atoms with E-state index in [9.17, 15) is 14.7 Å². The summed E-state index contributed by atoms with van der Waals surface area (Å²) in [6, 6.07) is 30.9. The first-order valence-electron chi connectivity index (χ1n) is 14.8. The van der Waals surface area contributed by atoms with Gasteiger partial charge in [0.15, 0.2) is 0 Å². The Morgan fingerprint density at radius 2 is 1.18 bits per heavy atom. The summed E-state index contributed by atoms with van der Waals surface area (Å²) in [5.74, 6) is -0.326. The standard InChI is InChI=1S/C36H33N5O3/c1-39-18-14-26-22-28(6-12-33(26)39)37-36(44)25-4-10-31(11-5-25)41-21-15-27-23-29(7-13-34(27)41)38-35(43)24-2-8-30(9-3-24)40-19-16-32(42)17-20-40/h2-15,18,21-23,32,42H,16-17,19-20H2,1H3,(H,37,44)(H,38,43). The quantitative estimate of drug-likeness (QED) is 0.206. The van der Waals surface area contributed by atoms with Crippen LogP contribution >= 0.6 is 0 Å². The highest BCUT2D eigenvalue weighted by Crippen LogP contribution is 2.26. The average Bonchev–Trinajstić information content (AvgIpc) is 3.64. The number of piperidine rings is 1. The SMILES string of the molecule is Cn1ccc2cc(NC(=O)c3ccc(-n4ccc5cc(NC(=O)c6ccc(N7CCC(O)CC7)cc6)ccc54)cc3)ccc21. The summed E-state index contributed by atoms with van der Waals surface area (Å²) in [7, 11) is 2.00. The van der Waals surface area contributed by atoms with Crippen LogP contribution in [0.25, 0.3) is 27.5 Å². The summed E-state index contributed by atoms with van der Waals surface area (Å²) in [4.78, 5) is 28.1. The third-order valence-corrected chi connectivity index (χ3v) is 8.46. The van der Waals surface area contributed by atoms with Crippen LogP contribution in [0.3, 0.4) is 0 Å². The molecule has 3 heterocycles. The maximum atomic E-state index is 13.0. The van der Waals surface area contributed by atoms with Crippen LogP contribution in [-0.2, 0) is 7.05 Å². The zero-order valence-electron chi connectivity index (χ0n) is 24.4. The molecule has 0 bridgehead atoms. The van der Waals surface area contributed by atoms with Crippen LogP contribution in [0.2, 0.25) is 0 Å². The maximum absolute atomic E-state index is 13.0. The van der Waals surface area contributed by atoms with Crippen LogP contribution in [0.4, 0.5) is 17.1 Å². The summed E-state index contributed by atoms with van der Waals surface area (Å²) in [5.41, 5.74) is 6.74. The molecule has 8 nitrogen and oxygen atoms in total. The van der Waals surface area contributed by atoms with E-state index in [0.717, 1.165) is 70.5 Å². The lowest BCUT2D eigenvalue weighted by molar-refractivity contribution is 0.101. The highest BCUT2D eigenvalue weighted by Gasteiger charge is 2.18. The molecule has 6 aromatic rings. The van der Waals surface area contributed by atoms with Gasteiger partial charge in [0, 0.05) is 82.7 Å². The van der Waals surface area contributed by atoms with Crippen molar-refractivity contribution in [2.75, 3.05) is 28.6 Å². The Hall–Kier alpha value is -5.34. The molecule has 7 rings (SSSR count). The zero-order valence-corrected chi connectivity index (χ0v) is 24.4. The Labute approximate surface area is 255 Å². The number of nitrogens with one attached hydrogen (secondary N) is 2. The largest absolute Gasteiger partial charge is 0.393 e. The van der Waals surface area contributed by atoms with E-state index in [1.54, 1.807) is 0 Å². The molecule has 0 atom stereocenters. The second kappa shape index (κ2) is 11.4. The first-order chi connectivity index (χ1) is 21.4. The number of amides is 2. The van der Waals surface area contributed by atoms with Crippen molar-refractivity contribution in [3.63, 3.8) is 0 Å². The predicted octanol–water partition coefficient (Wildman–Crippen LogP) is 6.59. The van der Waals surface area contributed by atoms with Gasteiger partial charge < -0.3 is 29.8 Å². The Morgan fingerprint density at radius 1 is 0.659 bits per heavy atom. The number of aliphatic hydroxyl groups is 1. The molecule has 44 heavy (non-hydrogen) atoms. The van der Waals surface area contributed by atoms with Gasteiger partial charge in [-0.15, -0.1) is 0 Å². The number of fused-ring (bicyclic) bond motifs is 2. The van der Waals surface area contributed by atoms with Gasteiger partial charge >= 0.3 is 0 Å². The number of aliphatic hydroxyl groups excluding tert-OH is 1. The number of benzene rings is 4. The van der Waals surface area contributed by atoms with Gasteiger partial charge in [-0.25, -0.2) is 0 Å². The predicted molar refractivity (Wildman–Crippen MR) is 176 cm³/mol. The van der Waals surface area contributed by atoms with E-state index in [0.29, 0.717) is 11.1 Å². The van der Waals surface area contributed by atoms with Crippen molar-refractivity contribution >= 4 is 50.7 Å². The van der Waals surface area contributed by atoms with Gasteiger partial charge in [0.25, 0.3) is 11.8 Å². The van der Waals surface area contributed by atoms with E-state index >= 15 is 0 Å². The maximum Gasteiger partial charge on any atom is 0.255 e. The molecule has 1 aliphatic heterocycles. The number of hydrogen-bond acceptors (Lipinski definition) is 4. The topological polar surface area (TPSA) is 91.5 Å². The zero-order chi connectivity index (χ0) is 30.2. The lowest BCUT2D eigenvalue weighted by Gasteiger charge is -2.31. The molecule has 220 valence electrons. The van der Waals surface area contributed by atoms with E-state index < -0.39 is 0 Å². The molecule has 8 heteroatoms. The van der Waals surface area contributed by atoms with Crippen LogP contribution in [0.5, 0.6) is 0 Å². The lowest BCUT2D eigenvalue weighted by Crippen LogP contribution is -2.35. The number of rotatable bonds is 6. The van der Waals surface area contributed by atoms with Crippen LogP contribution in [0.15, 0.2) is 109 Å². The molecule has 0 aliphatic carbocycles. The molecule has 0 radical (unpaired) electrons. The Morgan fingerprint density at radius 3 is 1.80 bits per heavy atom. The van der Waals surface area contributed by atoms with Crippen molar-refractivity contribution in [2.45, 2.75) is 18.9 Å². The van der Waals surface area contributed by atoms with Crippen LogP contribution in [0, 0.1) is 0 Å². The van der Waals surface area contributed by atoms with Crippen molar-refractivity contribution in [1.29, 1.82) is 0 Å². The smallest absolute Gasteiger partial charge is 0.255 e. The number of carbonyl (C=O) groups excluding carboxylic acids is 2. The molecule has 2 amide bonds. The molecule has 1 fully saturated rings. The van der Waals surface area contributed by atoms with Crippen molar-refractivity contribution in [1.82, 2.24) is 9.13 Å². The normalized spacial score (nSPS) is 13.8. The number of hydrogen-bond donors (Lipinski definition) is 3. The number of anilines is 3. The van der Waals surface area contributed by atoms with E-state index in [4.69, 9.17) is 0 Å². The fraction of sp³-hybridized carbons (Fsp3) is 0.167. The molecule has 4 aromatic carbocycles. The number of aryl methyl sites for hydroxylation is 1. The molecule has 0 saturated carbocycles. The molecular formula is C36H33N5O3. The first kappa shape index (κ1) is 27.5. The number of aromatic nitrogens is 2. The summed E-state index contributed by atoms with van der Waals surface area (Å²) in [6.45, 7) is 1.63. The Kier molecular flexibility index (Phi) is 7.12. The van der Waals surface area contributed by atoms with Crippen LogP contribution < -0.4 is 15.5 Å². The second-order valence-corrected chi connectivity index (χ2v) is 11.4. The minimum atomic E-state index is -0.216. The summed E-state index contributed by atoms with van der Waals surface area (Å²) < 4.78 is 4.11. The summed E-state index contributed by atoms with van der Waals surface area (Å²) in [5, 5.41) is 17.8. The van der Waals surface area contributed by atoms with Gasteiger partial charge in [0.2, 0.25) is 0 Å². The minimum absolute atomic E-state index is 0.162. The van der Waals surface area contributed by atoms with Crippen molar-refractivity contribution < 1.29 is 14.7 Å². The molecule has 3 N–H and O–H groups in total. The van der Waals surface area contributed by atoms with E-state index in [2.05, 4.69) is 20.1 Å². The Bertz CT molecular complexity index is 1980. The molecule has 0 unspecified atom stereocenters. The first-order valence-corrected chi connectivity index (χ1v) is 14.8. The summed E-state index contributed by atoms with van der Waals surface area (Å²) in [6.07, 6.45) is 5.30. The van der Waals surface area contributed by atoms with Crippen LogP contribution in [-0.4, -0.2) is 45.2 Å².